The van der Waals surface area contributed by atoms with Gasteiger partial charge in [0.2, 0.25) is 0 Å². The number of rotatable bonds is 0. The lowest BCUT2D eigenvalue weighted by Crippen LogP contribution is -1.77. The minimum Gasteiger partial charge on any atom is -0.456 e. The Labute approximate surface area is 102 Å². The molecule has 0 N–H and O–H groups in total. The van der Waals surface area contributed by atoms with Crippen LogP contribution in [0.4, 0.5) is 0 Å². The molecule has 1 heterocycles. The van der Waals surface area contributed by atoms with Gasteiger partial charge in [0.05, 0.1) is 0 Å². The molecule has 2 heteroatoms. The van der Waals surface area contributed by atoms with Crippen molar-refractivity contribution in [3.63, 3.8) is 0 Å². The third kappa shape index (κ3) is 1.37. The van der Waals surface area contributed by atoms with Gasteiger partial charge in [-0.2, -0.15) is 0 Å². The smallest absolute Gasteiger partial charge is 0.138 e. The van der Waals surface area contributed by atoms with Crippen LogP contribution in [0.2, 0.25) is 0 Å². The van der Waals surface area contributed by atoms with Gasteiger partial charge in [-0.1, -0.05) is 22.0 Å². The van der Waals surface area contributed by atoms with Gasteiger partial charge in [0.25, 0.3) is 0 Å². The maximum atomic E-state index is 5.87. The van der Waals surface area contributed by atoms with Crippen LogP contribution in [0.5, 0.6) is 0 Å². The van der Waals surface area contributed by atoms with Crippen LogP contribution in [0.25, 0.3) is 21.9 Å². The number of hydrogen-bond donors (Lipinski definition) is 0. The van der Waals surface area contributed by atoms with Gasteiger partial charge < -0.3 is 4.42 Å². The van der Waals surface area contributed by atoms with Gasteiger partial charge in [-0.15, -0.1) is 0 Å². The summed E-state index contributed by atoms with van der Waals surface area (Å²) in [6, 6.07) is 10.5. The maximum absolute atomic E-state index is 5.87. The van der Waals surface area contributed by atoms with Crippen molar-refractivity contribution in [2.75, 3.05) is 0 Å². The largest absolute Gasteiger partial charge is 0.456 e. The molecule has 0 unspecified atom stereocenters. The second kappa shape index (κ2) is 3.36. The number of furan rings is 1. The Balaban J connectivity index is 2.57. The Hall–Kier alpha value is -1.28. The zero-order valence-corrected chi connectivity index (χ0v) is 10.8. The summed E-state index contributed by atoms with van der Waals surface area (Å²) in [5.74, 6) is 0. The van der Waals surface area contributed by atoms with Crippen molar-refractivity contribution in [2.24, 2.45) is 0 Å². The Morgan fingerprint density at radius 3 is 2.62 bits per heavy atom. The summed E-state index contributed by atoms with van der Waals surface area (Å²) >= 11 is 3.50. The van der Waals surface area contributed by atoms with E-state index in [1.807, 2.05) is 12.1 Å². The van der Waals surface area contributed by atoms with Gasteiger partial charge in [-0.3, -0.25) is 0 Å². The summed E-state index contributed by atoms with van der Waals surface area (Å²) in [5, 5.41) is 2.38. The van der Waals surface area contributed by atoms with Crippen molar-refractivity contribution in [2.45, 2.75) is 13.8 Å². The standard InChI is InChI=1S/C14H11BrO/c1-8-5-9(2)14-12(6-8)11-7-10(15)3-4-13(11)16-14/h3-7H,1-2H3. The van der Waals surface area contributed by atoms with E-state index in [1.165, 1.54) is 21.9 Å². The fourth-order valence-corrected chi connectivity index (χ4v) is 2.56. The second-order valence-corrected chi connectivity index (χ2v) is 5.12. The topological polar surface area (TPSA) is 13.1 Å². The van der Waals surface area contributed by atoms with Crippen molar-refractivity contribution >= 4 is 37.9 Å². The van der Waals surface area contributed by atoms with Crippen molar-refractivity contribution in [3.05, 3.63) is 45.9 Å². The summed E-state index contributed by atoms with van der Waals surface area (Å²) in [5.41, 5.74) is 4.42. The molecule has 0 fully saturated rings. The van der Waals surface area contributed by atoms with Crippen LogP contribution in [-0.2, 0) is 0 Å². The van der Waals surface area contributed by atoms with Crippen LogP contribution in [0.3, 0.4) is 0 Å². The second-order valence-electron chi connectivity index (χ2n) is 4.20. The molecule has 0 saturated carbocycles. The first-order chi connectivity index (χ1) is 7.65. The van der Waals surface area contributed by atoms with Crippen molar-refractivity contribution < 1.29 is 4.42 Å². The van der Waals surface area contributed by atoms with Gasteiger partial charge in [0.15, 0.2) is 0 Å². The Kier molecular flexibility index (Phi) is 2.08. The van der Waals surface area contributed by atoms with Crippen LogP contribution in [0.15, 0.2) is 39.2 Å². The molecule has 3 aromatic rings. The molecule has 0 spiro atoms. The first-order valence-corrected chi connectivity index (χ1v) is 6.03. The van der Waals surface area contributed by atoms with Crippen molar-refractivity contribution in [3.8, 4) is 0 Å². The Bertz CT molecular complexity index is 695. The summed E-state index contributed by atoms with van der Waals surface area (Å²) in [4.78, 5) is 0. The van der Waals surface area contributed by atoms with Crippen LogP contribution in [0, 0.1) is 13.8 Å². The molecule has 0 radical (unpaired) electrons. The number of benzene rings is 2. The van der Waals surface area contributed by atoms with E-state index in [4.69, 9.17) is 4.42 Å². The van der Waals surface area contributed by atoms with E-state index in [2.05, 4.69) is 48.0 Å². The molecule has 0 saturated heterocycles. The highest BCUT2D eigenvalue weighted by Gasteiger charge is 2.09. The van der Waals surface area contributed by atoms with E-state index in [-0.39, 0.29) is 0 Å². The molecule has 1 aromatic heterocycles. The number of fused-ring (bicyclic) bond motifs is 3. The van der Waals surface area contributed by atoms with Crippen LogP contribution in [-0.4, -0.2) is 0 Å². The summed E-state index contributed by atoms with van der Waals surface area (Å²) in [7, 11) is 0. The minimum absolute atomic E-state index is 0.951. The average Bonchev–Trinajstić information content (AvgIpc) is 2.57. The highest BCUT2D eigenvalue weighted by molar-refractivity contribution is 9.10. The predicted octanol–water partition coefficient (Wildman–Crippen LogP) is 4.97. The summed E-state index contributed by atoms with van der Waals surface area (Å²) < 4.78 is 6.96. The molecular weight excluding hydrogens is 264 g/mol. The molecule has 16 heavy (non-hydrogen) atoms. The molecule has 0 atom stereocenters. The zero-order chi connectivity index (χ0) is 11.3. The molecule has 3 rings (SSSR count). The Morgan fingerprint density at radius 1 is 1.00 bits per heavy atom. The zero-order valence-electron chi connectivity index (χ0n) is 9.17. The van der Waals surface area contributed by atoms with E-state index in [9.17, 15) is 0 Å². The minimum atomic E-state index is 0.951. The number of aryl methyl sites for hydroxylation is 2. The van der Waals surface area contributed by atoms with Gasteiger partial charge in [0.1, 0.15) is 11.2 Å². The fourth-order valence-electron chi connectivity index (χ4n) is 2.20. The summed E-state index contributed by atoms with van der Waals surface area (Å²) in [6.45, 7) is 4.20. The first kappa shape index (κ1) is 9.91. The van der Waals surface area contributed by atoms with Crippen molar-refractivity contribution in [1.82, 2.24) is 0 Å². The SMILES string of the molecule is Cc1cc(C)c2oc3ccc(Br)cc3c2c1. The molecule has 80 valence electrons. The van der Waals surface area contributed by atoms with Crippen LogP contribution >= 0.6 is 15.9 Å². The van der Waals surface area contributed by atoms with E-state index in [0.717, 1.165) is 15.6 Å². The fraction of sp³-hybridized carbons (Fsp3) is 0.143. The van der Waals surface area contributed by atoms with Crippen molar-refractivity contribution in [1.29, 1.82) is 0 Å². The molecule has 0 aliphatic rings. The lowest BCUT2D eigenvalue weighted by molar-refractivity contribution is 0.665. The van der Waals surface area contributed by atoms with Crippen LogP contribution in [0.1, 0.15) is 11.1 Å². The third-order valence-corrected chi connectivity index (χ3v) is 3.36. The first-order valence-electron chi connectivity index (χ1n) is 5.24. The van der Waals surface area contributed by atoms with E-state index in [1.54, 1.807) is 0 Å². The maximum Gasteiger partial charge on any atom is 0.138 e. The predicted molar refractivity (Wildman–Crippen MR) is 70.9 cm³/mol. The van der Waals surface area contributed by atoms with E-state index >= 15 is 0 Å². The monoisotopic (exact) mass is 274 g/mol. The van der Waals surface area contributed by atoms with Crippen LogP contribution < -0.4 is 0 Å². The average molecular weight is 275 g/mol. The third-order valence-electron chi connectivity index (χ3n) is 2.86. The molecule has 1 nitrogen and oxygen atoms in total. The quantitative estimate of drug-likeness (QED) is 0.564. The lowest BCUT2D eigenvalue weighted by atomic mass is 10.1. The Morgan fingerprint density at radius 2 is 1.81 bits per heavy atom. The molecule has 0 bridgehead atoms. The molecular formula is C14H11BrO. The van der Waals surface area contributed by atoms with E-state index < -0.39 is 0 Å². The lowest BCUT2D eigenvalue weighted by Gasteiger charge is -1.97. The van der Waals surface area contributed by atoms with E-state index in [0.29, 0.717) is 0 Å². The summed E-state index contributed by atoms with van der Waals surface area (Å²) in [6.07, 6.45) is 0. The van der Waals surface area contributed by atoms with Gasteiger partial charge in [-0.25, -0.2) is 0 Å². The normalized spacial score (nSPS) is 11.4. The van der Waals surface area contributed by atoms with Gasteiger partial charge in [-0.05, 0) is 49.2 Å². The van der Waals surface area contributed by atoms with Gasteiger partial charge in [0, 0.05) is 15.2 Å². The highest BCUT2D eigenvalue weighted by Crippen LogP contribution is 2.33. The molecule has 0 aliphatic heterocycles. The number of halogens is 1. The molecule has 0 aliphatic carbocycles. The number of hydrogen-bond acceptors (Lipinski definition) is 1. The highest BCUT2D eigenvalue weighted by atomic mass is 79.9. The molecule has 0 amide bonds. The van der Waals surface area contributed by atoms with Gasteiger partial charge >= 0.3 is 0 Å². The molecule has 2 aromatic carbocycles.